The van der Waals surface area contributed by atoms with Crippen molar-refractivity contribution in [2.45, 2.75) is 47.5 Å². The second kappa shape index (κ2) is 12.9. The molecular weight excluding hydrogens is 192 g/mol. The van der Waals surface area contributed by atoms with E-state index in [9.17, 15) is 9.59 Å². The Morgan fingerprint density at radius 1 is 1.20 bits per heavy atom. The van der Waals surface area contributed by atoms with Gasteiger partial charge in [0.05, 0.1) is 6.61 Å². The van der Waals surface area contributed by atoms with Gasteiger partial charge in [0.25, 0.3) is 0 Å². The fourth-order valence-corrected chi connectivity index (χ4v) is 0.884. The van der Waals surface area contributed by atoms with Crippen LogP contribution in [0.3, 0.4) is 0 Å². The van der Waals surface area contributed by atoms with Crippen LogP contribution < -0.4 is 0 Å². The lowest BCUT2D eigenvalue weighted by Crippen LogP contribution is -2.01. The number of Topliss-reactive ketones (excluding diaryl/α,β-unsaturated/α-hetero) is 1. The Morgan fingerprint density at radius 3 is 2.27 bits per heavy atom. The van der Waals surface area contributed by atoms with Crippen molar-refractivity contribution in [3.8, 4) is 0 Å². The van der Waals surface area contributed by atoms with Gasteiger partial charge in [0, 0.05) is 12.5 Å². The van der Waals surface area contributed by atoms with Crippen LogP contribution in [0.15, 0.2) is 12.7 Å². The molecule has 0 N–H and O–H groups in total. The number of rotatable bonds is 7. The number of carbonyl (C=O) groups excluding carboxylic acids is 2. The van der Waals surface area contributed by atoms with Crippen molar-refractivity contribution >= 4 is 11.8 Å². The van der Waals surface area contributed by atoms with Crippen molar-refractivity contribution < 1.29 is 14.3 Å². The van der Waals surface area contributed by atoms with Gasteiger partial charge in [0.15, 0.2) is 0 Å². The highest BCUT2D eigenvalue weighted by Gasteiger charge is 1.96. The third-order valence-corrected chi connectivity index (χ3v) is 1.58. The van der Waals surface area contributed by atoms with E-state index in [2.05, 4.69) is 6.58 Å². The van der Waals surface area contributed by atoms with Gasteiger partial charge in [-0.15, -0.1) is 0 Å². The monoisotopic (exact) mass is 216 g/mol. The number of hydrogen-bond acceptors (Lipinski definition) is 3. The van der Waals surface area contributed by atoms with Crippen LogP contribution in [-0.4, -0.2) is 18.4 Å². The molecule has 0 fully saturated rings. The van der Waals surface area contributed by atoms with E-state index in [0.29, 0.717) is 13.0 Å². The van der Waals surface area contributed by atoms with Gasteiger partial charge in [-0.05, 0) is 26.2 Å². The number of ether oxygens (including phenoxy) is 1. The molecule has 0 aliphatic carbocycles. The van der Waals surface area contributed by atoms with E-state index in [1.807, 2.05) is 0 Å². The van der Waals surface area contributed by atoms with Gasteiger partial charge in [-0.2, -0.15) is 0 Å². The Hall–Kier alpha value is -1.12. The van der Waals surface area contributed by atoms with E-state index in [1.54, 1.807) is 6.92 Å². The zero-order chi connectivity index (χ0) is 10.1. The molecule has 0 aliphatic heterocycles. The van der Waals surface area contributed by atoms with Gasteiger partial charge in [-0.1, -0.05) is 21.4 Å². The molecular formula is C12H24O3. The number of esters is 1. The van der Waals surface area contributed by atoms with Crippen LogP contribution in [0, 0.1) is 0 Å². The van der Waals surface area contributed by atoms with Crippen LogP contribution in [0.4, 0.5) is 0 Å². The summed E-state index contributed by atoms with van der Waals surface area (Å²) < 4.78 is 4.76. The summed E-state index contributed by atoms with van der Waals surface area (Å²) in [6.45, 7) is 5.28. The first-order chi connectivity index (χ1) is 6.16. The van der Waals surface area contributed by atoms with Gasteiger partial charge in [0.2, 0.25) is 0 Å². The first-order valence-electron chi connectivity index (χ1n) is 4.45. The predicted molar refractivity (Wildman–Crippen MR) is 63.8 cm³/mol. The van der Waals surface area contributed by atoms with Crippen molar-refractivity contribution in [2.24, 2.45) is 0 Å². The molecule has 0 aliphatic rings. The Kier molecular flexibility index (Phi) is 16.7. The molecule has 0 aromatic heterocycles. The smallest absolute Gasteiger partial charge is 0.330 e. The van der Waals surface area contributed by atoms with E-state index in [4.69, 9.17) is 4.74 Å². The van der Waals surface area contributed by atoms with E-state index >= 15 is 0 Å². The Morgan fingerprint density at radius 2 is 1.80 bits per heavy atom. The molecule has 0 aromatic carbocycles. The minimum absolute atomic E-state index is 0. The van der Waals surface area contributed by atoms with Crippen LogP contribution in [-0.2, 0) is 14.3 Å². The summed E-state index contributed by atoms with van der Waals surface area (Å²) in [4.78, 5) is 21.1. The summed E-state index contributed by atoms with van der Waals surface area (Å²) in [5.41, 5.74) is 0. The van der Waals surface area contributed by atoms with Gasteiger partial charge >= 0.3 is 5.97 Å². The van der Waals surface area contributed by atoms with Crippen molar-refractivity contribution in [1.82, 2.24) is 0 Å². The third kappa shape index (κ3) is 15.6. The van der Waals surface area contributed by atoms with Crippen molar-refractivity contribution in [1.29, 1.82) is 0 Å². The minimum Gasteiger partial charge on any atom is -0.463 e. The molecule has 15 heavy (non-hydrogen) atoms. The Labute approximate surface area is 93.5 Å². The summed E-state index contributed by atoms with van der Waals surface area (Å²) >= 11 is 0. The molecule has 0 atom stereocenters. The summed E-state index contributed by atoms with van der Waals surface area (Å²) in [5, 5.41) is 0. The molecule has 0 spiro atoms. The molecule has 3 nitrogen and oxygen atoms in total. The maximum Gasteiger partial charge on any atom is 0.330 e. The zero-order valence-electron chi connectivity index (χ0n) is 8.04. The van der Waals surface area contributed by atoms with Crippen molar-refractivity contribution in [3.05, 3.63) is 12.7 Å². The van der Waals surface area contributed by atoms with Crippen LogP contribution in [0.2, 0.25) is 0 Å². The summed E-state index contributed by atoms with van der Waals surface area (Å²) in [5.74, 6) is -0.172. The minimum atomic E-state index is -0.383. The Balaban J connectivity index is -0.000000720. The molecule has 90 valence electrons. The second-order valence-electron chi connectivity index (χ2n) is 2.88. The third-order valence-electron chi connectivity index (χ3n) is 1.58. The lowest BCUT2D eigenvalue weighted by atomic mass is 10.1. The average molecular weight is 216 g/mol. The molecule has 0 amide bonds. The molecule has 0 saturated heterocycles. The van der Waals surface area contributed by atoms with Crippen LogP contribution >= 0.6 is 0 Å². The lowest BCUT2D eigenvalue weighted by molar-refractivity contribution is -0.137. The molecule has 0 radical (unpaired) electrons. The quantitative estimate of drug-likeness (QED) is 0.373. The van der Waals surface area contributed by atoms with Gasteiger partial charge in [-0.3, -0.25) is 0 Å². The van der Waals surface area contributed by atoms with Crippen molar-refractivity contribution in [2.75, 3.05) is 6.61 Å². The van der Waals surface area contributed by atoms with E-state index in [0.717, 1.165) is 25.3 Å². The highest BCUT2D eigenvalue weighted by atomic mass is 16.5. The number of carbonyl (C=O) groups is 2. The topological polar surface area (TPSA) is 43.4 Å². The maximum absolute atomic E-state index is 10.6. The highest BCUT2D eigenvalue weighted by Crippen LogP contribution is 2.00. The van der Waals surface area contributed by atoms with Crippen LogP contribution in [0.25, 0.3) is 0 Å². The fourth-order valence-electron chi connectivity index (χ4n) is 0.884. The molecule has 0 heterocycles. The van der Waals surface area contributed by atoms with Gasteiger partial charge in [0.1, 0.15) is 5.78 Å². The molecule has 0 bridgehead atoms. The summed E-state index contributed by atoms with van der Waals surface area (Å²) in [6.07, 6.45) is 4.38. The van der Waals surface area contributed by atoms with E-state index in [-0.39, 0.29) is 26.6 Å². The average Bonchev–Trinajstić information content (AvgIpc) is 2.10. The zero-order valence-corrected chi connectivity index (χ0v) is 8.04. The lowest BCUT2D eigenvalue weighted by Gasteiger charge is -2.00. The first kappa shape index (κ1) is 19.5. The SMILES string of the molecule is C.C.C=CC(=O)OCCCCCC(C)=O. The number of unbranched alkanes of at least 4 members (excludes halogenated alkanes) is 2. The number of hydrogen-bond donors (Lipinski definition) is 0. The standard InChI is InChI=1S/C10H16O3.2CH4/c1-3-10(12)13-8-6-4-5-7-9(2)11;;/h3H,1,4-8H2,2H3;2*1H4. The number of ketones is 1. The predicted octanol–water partition coefficient (Wildman–Crippen LogP) is 3.14. The van der Waals surface area contributed by atoms with Crippen LogP contribution in [0.1, 0.15) is 47.5 Å². The first-order valence-corrected chi connectivity index (χ1v) is 4.45. The molecule has 3 heteroatoms. The van der Waals surface area contributed by atoms with Gasteiger partial charge < -0.3 is 9.53 Å². The largest absolute Gasteiger partial charge is 0.463 e. The molecule has 0 rings (SSSR count). The molecule has 0 aromatic rings. The molecule has 0 saturated carbocycles. The molecule has 0 unspecified atom stereocenters. The maximum atomic E-state index is 10.6. The van der Waals surface area contributed by atoms with E-state index in [1.165, 1.54) is 0 Å². The van der Waals surface area contributed by atoms with Gasteiger partial charge in [-0.25, -0.2) is 4.79 Å². The Bertz CT molecular complexity index is 185. The second-order valence-corrected chi connectivity index (χ2v) is 2.88. The fraction of sp³-hybridized carbons (Fsp3) is 0.667. The highest BCUT2D eigenvalue weighted by molar-refractivity contribution is 5.81. The van der Waals surface area contributed by atoms with Crippen LogP contribution in [0.5, 0.6) is 0 Å². The van der Waals surface area contributed by atoms with Crippen molar-refractivity contribution in [3.63, 3.8) is 0 Å². The summed E-state index contributed by atoms with van der Waals surface area (Å²) in [7, 11) is 0. The van der Waals surface area contributed by atoms with E-state index < -0.39 is 0 Å². The summed E-state index contributed by atoms with van der Waals surface area (Å²) in [6, 6.07) is 0. The normalized spacial score (nSPS) is 8.07.